The SMILES string of the molecule is C[Si](C)(C)c1ccc(-c2[c-]cccc2)nc1.[2H]C(C)(C)c1cc(-c2ccccc2)cc2c1sc1cc(-c3cc(C(C)(C)C)ccn3)[c-]cc12.[Ir]. The zero-order chi connectivity index (χ0) is 35.0. The van der Waals surface area contributed by atoms with Crippen molar-refractivity contribution in [3.05, 3.63) is 139 Å². The van der Waals surface area contributed by atoms with Crippen molar-refractivity contribution in [1.29, 1.82) is 0 Å². The number of hydrogen-bond donors (Lipinski definition) is 0. The molecule has 1 radical (unpaired) electrons. The predicted octanol–water partition coefficient (Wildman–Crippen LogP) is 12.1. The van der Waals surface area contributed by atoms with Gasteiger partial charge in [-0.2, -0.15) is 11.3 Å². The van der Waals surface area contributed by atoms with Crippen LogP contribution in [0.25, 0.3) is 53.8 Å². The molecule has 0 saturated heterocycles. The molecule has 0 atom stereocenters. The van der Waals surface area contributed by atoms with E-state index in [4.69, 9.17) is 1.37 Å². The Morgan fingerprint density at radius 2 is 1.51 bits per heavy atom. The van der Waals surface area contributed by atoms with Gasteiger partial charge in [0.2, 0.25) is 0 Å². The second kappa shape index (κ2) is 15.0. The molecule has 0 unspecified atom stereocenters. The van der Waals surface area contributed by atoms with Crippen molar-refractivity contribution >= 4 is 44.8 Å². The Balaban J connectivity index is 0.000000241. The number of pyridine rings is 2. The Bertz CT molecular complexity index is 2210. The first-order chi connectivity index (χ1) is 23.2. The summed E-state index contributed by atoms with van der Waals surface area (Å²) in [6, 6.07) is 42.4. The third-order valence-corrected chi connectivity index (χ3v) is 11.9. The fraction of sp³-hybridized carbons (Fsp3) is 0.227. The van der Waals surface area contributed by atoms with E-state index in [9.17, 15) is 0 Å². The Morgan fingerprint density at radius 3 is 2.14 bits per heavy atom. The van der Waals surface area contributed by atoms with Crippen molar-refractivity contribution in [2.24, 2.45) is 0 Å². The van der Waals surface area contributed by atoms with Gasteiger partial charge in [-0.1, -0.05) is 114 Å². The molecule has 0 N–H and O–H groups in total. The second-order valence-corrected chi connectivity index (χ2v) is 20.8. The molecule has 0 aliphatic rings. The molecule has 251 valence electrons. The number of thiophene rings is 1. The van der Waals surface area contributed by atoms with E-state index in [1.807, 2.05) is 56.6 Å². The topological polar surface area (TPSA) is 25.8 Å². The summed E-state index contributed by atoms with van der Waals surface area (Å²) in [4.78, 5) is 9.16. The molecule has 49 heavy (non-hydrogen) atoms. The van der Waals surface area contributed by atoms with E-state index in [1.165, 1.54) is 36.5 Å². The van der Waals surface area contributed by atoms with Crippen LogP contribution in [0.4, 0.5) is 0 Å². The molecule has 0 amide bonds. The zero-order valence-corrected chi connectivity index (χ0v) is 33.8. The molecule has 7 rings (SSSR count). The Kier molecular flexibility index (Phi) is 10.8. The molecule has 0 fully saturated rings. The maximum Gasteiger partial charge on any atom is 0.0795 e. The maximum absolute atomic E-state index is 8.84. The van der Waals surface area contributed by atoms with Crippen LogP contribution in [0.2, 0.25) is 19.6 Å². The van der Waals surface area contributed by atoms with Crippen molar-refractivity contribution in [2.45, 2.75) is 65.6 Å². The molecule has 2 nitrogen and oxygen atoms in total. The predicted molar refractivity (Wildman–Crippen MR) is 211 cm³/mol. The van der Waals surface area contributed by atoms with E-state index < -0.39 is 14.0 Å². The Morgan fingerprint density at radius 1 is 0.755 bits per heavy atom. The van der Waals surface area contributed by atoms with Gasteiger partial charge in [0.15, 0.2) is 0 Å². The Hall–Kier alpha value is -3.73. The van der Waals surface area contributed by atoms with Crippen LogP contribution < -0.4 is 5.19 Å². The summed E-state index contributed by atoms with van der Waals surface area (Å²) < 4.78 is 11.2. The minimum Gasteiger partial charge on any atom is -0.305 e. The van der Waals surface area contributed by atoms with Crippen LogP contribution in [-0.4, -0.2) is 18.0 Å². The summed E-state index contributed by atoms with van der Waals surface area (Å²) in [5, 5.41) is 3.78. The molecule has 7 aromatic rings. The van der Waals surface area contributed by atoms with Gasteiger partial charge in [-0.05, 0) is 72.4 Å². The molecule has 0 aliphatic heterocycles. The average Bonchev–Trinajstić information content (AvgIpc) is 3.45. The van der Waals surface area contributed by atoms with Crippen LogP contribution in [-0.2, 0) is 25.5 Å². The minimum absolute atomic E-state index is 0. The van der Waals surface area contributed by atoms with E-state index in [2.05, 4.69) is 135 Å². The number of aromatic nitrogens is 2. The number of rotatable bonds is 5. The monoisotopic (exact) mass is 854 g/mol. The van der Waals surface area contributed by atoms with Crippen molar-refractivity contribution in [2.75, 3.05) is 0 Å². The summed E-state index contributed by atoms with van der Waals surface area (Å²) in [7, 11) is -1.23. The van der Waals surface area contributed by atoms with Gasteiger partial charge in [-0.15, -0.1) is 59.7 Å². The molecule has 3 heterocycles. The quantitative estimate of drug-likeness (QED) is 0.127. The Labute approximate surface area is 312 Å². The van der Waals surface area contributed by atoms with Crippen molar-refractivity contribution < 1.29 is 21.5 Å². The van der Waals surface area contributed by atoms with Crippen molar-refractivity contribution in [3.63, 3.8) is 0 Å². The third-order valence-electron chi connectivity index (χ3n) is 8.67. The molecule has 0 spiro atoms. The molecule has 0 bridgehead atoms. The first-order valence-electron chi connectivity index (χ1n) is 17.1. The number of nitrogens with zero attached hydrogens (tertiary/aromatic N) is 2. The van der Waals surface area contributed by atoms with Gasteiger partial charge in [0.25, 0.3) is 0 Å². The van der Waals surface area contributed by atoms with Crippen LogP contribution in [0.5, 0.6) is 0 Å². The molecule has 3 aromatic heterocycles. The maximum atomic E-state index is 8.84. The van der Waals surface area contributed by atoms with Gasteiger partial charge < -0.3 is 9.97 Å². The summed E-state index contributed by atoms with van der Waals surface area (Å²) >= 11 is 1.77. The van der Waals surface area contributed by atoms with Crippen molar-refractivity contribution in [1.82, 2.24) is 9.97 Å². The number of benzene rings is 4. The molecular formula is C44H44IrN2SSi-2. The average molecular weight is 854 g/mol. The fourth-order valence-corrected chi connectivity index (χ4v) is 8.09. The smallest absolute Gasteiger partial charge is 0.0795 e. The molecule has 4 aromatic carbocycles. The van der Waals surface area contributed by atoms with Gasteiger partial charge >= 0.3 is 0 Å². The van der Waals surface area contributed by atoms with E-state index in [1.54, 1.807) is 11.3 Å². The van der Waals surface area contributed by atoms with Crippen LogP contribution in [0, 0.1) is 12.1 Å². The first kappa shape index (κ1) is 35.1. The standard InChI is InChI=1S/C30H28NS.C14H16NSi.Ir/c1-19(2)25-15-22(20-9-7-6-8-10-20)16-26-24-12-11-21(17-28(24)32-29(25)26)27-18-23(13-14-31-27)30(3,4)5;1-16(2,3)13-9-10-14(15-11-13)12-7-5-4-6-8-12;/h6-10,12-19H,1-5H3;4-7,9-11H,1-3H3;/q2*-1;/i19D;;. The van der Waals surface area contributed by atoms with Crippen molar-refractivity contribution in [3.8, 4) is 33.6 Å². The second-order valence-electron chi connectivity index (χ2n) is 14.6. The van der Waals surface area contributed by atoms with Gasteiger partial charge in [-0.25, -0.2) is 0 Å². The largest absolute Gasteiger partial charge is 0.305 e. The third kappa shape index (κ3) is 8.36. The number of fused-ring (bicyclic) bond motifs is 3. The van der Waals surface area contributed by atoms with Gasteiger partial charge in [0.05, 0.1) is 8.07 Å². The normalized spacial score (nSPS) is 12.2. The summed E-state index contributed by atoms with van der Waals surface area (Å²) in [6.45, 7) is 17.6. The first-order valence-corrected chi connectivity index (χ1v) is 20.9. The van der Waals surface area contributed by atoms with Crippen LogP contribution in [0.3, 0.4) is 0 Å². The summed E-state index contributed by atoms with van der Waals surface area (Å²) in [5.41, 5.74) is 8.75. The summed E-state index contributed by atoms with van der Waals surface area (Å²) in [5.74, 6) is -0.695. The van der Waals surface area contributed by atoms with E-state index in [-0.39, 0.29) is 25.5 Å². The van der Waals surface area contributed by atoms with Gasteiger partial charge in [-0.3, -0.25) is 0 Å². The fourth-order valence-electron chi connectivity index (χ4n) is 5.73. The van der Waals surface area contributed by atoms with Crippen LogP contribution in [0.1, 0.15) is 53.0 Å². The summed E-state index contributed by atoms with van der Waals surface area (Å²) in [6.07, 6.45) is 3.91. The van der Waals surface area contributed by atoms with Crippen LogP contribution in [0.15, 0.2) is 116 Å². The molecule has 5 heteroatoms. The number of hydrogen-bond acceptors (Lipinski definition) is 3. The van der Waals surface area contributed by atoms with E-state index >= 15 is 0 Å². The van der Waals surface area contributed by atoms with Gasteiger partial charge in [0, 0.05) is 38.6 Å². The molecule has 0 saturated carbocycles. The molecular weight excluding hydrogens is 809 g/mol. The van der Waals surface area contributed by atoms with E-state index in [0.717, 1.165) is 33.6 Å². The van der Waals surface area contributed by atoms with Gasteiger partial charge in [0.1, 0.15) is 0 Å². The minimum atomic E-state index is -1.23. The molecule has 0 aliphatic carbocycles. The van der Waals surface area contributed by atoms with E-state index in [0.29, 0.717) is 0 Å². The van der Waals surface area contributed by atoms with Crippen LogP contribution >= 0.6 is 11.3 Å². The zero-order valence-electron chi connectivity index (χ0n) is 30.6.